The zero-order valence-corrected chi connectivity index (χ0v) is 23.4. The smallest absolute Gasteiger partial charge is 0.357 e. The van der Waals surface area contributed by atoms with E-state index in [2.05, 4.69) is 17.2 Å². The van der Waals surface area contributed by atoms with Crippen molar-refractivity contribution in [1.82, 2.24) is 10.2 Å². The minimum absolute atomic E-state index is 0.387. The van der Waals surface area contributed by atoms with Crippen molar-refractivity contribution in [2.75, 3.05) is 5.75 Å². The van der Waals surface area contributed by atoms with Gasteiger partial charge < -0.3 is 9.84 Å². The van der Waals surface area contributed by atoms with E-state index < -0.39 is 34.8 Å². The van der Waals surface area contributed by atoms with Crippen molar-refractivity contribution in [1.29, 1.82) is 0 Å². The Morgan fingerprint density at radius 3 is 1.82 bits per heavy atom. The largest absolute Gasteiger partial charge is 0.457 e. The molecule has 4 rings (SSSR count). The molecule has 0 aliphatic carbocycles. The van der Waals surface area contributed by atoms with Gasteiger partial charge in [0.1, 0.15) is 17.0 Å². The Morgan fingerprint density at radius 1 is 0.949 bits per heavy atom. The van der Waals surface area contributed by atoms with Crippen LogP contribution in [0.15, 0.2) is 91.0 Å². The van der Waals surface area contributed by atoms with Crippen LogP contribution in [-0.2, 0) is 19.9 Å². The van der Waals surface area contributed by atoms with Crippen molar-refractivity contribution in [3.63, 3.8) is 0 Å². The van der Waals surface area contributed by atoms with E-state index in [1.807, 2.05) is 91.0 Å². The molecule has 0 spiro atoms. The summed E-state index contributed by atoms with van der Waals surface area (Å²) in [6.07, 6.45) is -1.72. The molecular formula is C32H34N2O4S. The number of esters is 1. The molecule has 1 heterocycles. The van der Waals surface area contributed by atoms with Crippen molar-refractivity contribution >= 4 is 23.6 Å². The number of hydrogen-bond donors (Lipinski definition) is 2. The second kappa shape index (κ2) is 12.1. The van der Waals surface area contributed by atoms with Gasteiger partial charge >= 0.3 is 5.97 Å². The van der Waals surface area contributed by atoms with Crippen molar-refractivity contribution < 1.29 is 19.4 Å². The van der Waals surface area contributed by atoms with E-state index in [4.69, 9.17) is 4.74 Å². The molecule has 7 heteroatoms. The number of hydrogen-bond acceptors (Lipinski definition) is 6. The number of nitrogens with one attached hydrogen (secondary N) is 1. The van der Waals surface area contributed by atoms with Crippen LogP contribution >= 0.6 is 11.8 Å². The van der Waals surface area contributed by atoms with Crippen LogP contribution in [0.25, 0.3) is 0 Å². The number of benzene rings is 3. The summed E-state index contributed by atoms with van der Waals surface area (Å²) in [4.78, 5) is 27.7. The summed E-state index contributed by atoms with van der Waals surface area (Å²) in [7, 11) is 0. The monoisotopic (exact) mass is 542 g/mol. The highest BCUT2D eigenvalue weighted by Crippen LogP contribution is 2.41. The Hall–Kier alpha value is -3.57. The van der Waals surface area contributed by atoms with E-state index >= 15 is 0 Å². The van der Waals surface area contributed by atoms with E-state index in [-0.39, 0.29) is 5.91 Å². The highest BCUT2D eigenvalue weighted by Gasteiger charge is 2.55. The van der Waals surface area contributed by atoms with E-state index in [9.17, 15) is 14.7 Å². The molecule has 2 N–H and O–H groups in total. The molecule has 1 amide bonds. The zero-order chi connectivity index (χ0) is 28.0. The molecule has 3 atom stereocenters. The number of ether oxygens (including phenoxy) is 1. The molecule has 3 unspecified atom stereocenters. The molecule has 1 aliphatic rings. The van der Waals surface area contributed by atoms with Gasteiger partial charge in [-0.2, -0.15) is 0 Å². The van der Waals surface area contributed by atoms with E-state index in [0.29, 0.717) is 5.75 Å². The van der Waals surface area contributed by atoms with E-state index in [1.54, 1.807) is 27.7 Å². The summed E-state index contributed by atoms with van der Waals surface area (Å²) < 4.78 is 5.38. The molecule has 202 valence electrons. The summed E-state index contributed by atoms with van der Waals surface area (Å²) in [5, 5.41) is 14.1. The lowest BCUT2D eigenvalue weighted by atomic mass is 9.76. The first-order valence-corrected chi connectivity index (χ1v) is 13.9. The molecule has 1 fully saturated rings. The Morgan fingerprint density at radius 2 is 1.41 bits per heavy atom. The molecular weight excluding hydrogens is 508 g/mol. The van der Waals surface area contributed by atoms with Crippen molar-refractivity contribution in [2.45, 2.75) is 56.5 Å². The standard InChI is InChI=1S/C32H34N2O4S/c1-5-6-22-39-29-26(27(35)34(29)28(36)30(37)38-31(2,3)4)33-32(23-16-10-7-11-17-23,24-18-12-8-13-19-24)25-20-14-9-15-21-25/h7-21,26,28-29,33,36H,22H2,1-4H3. The van der Waals surface area contributed by atoms with Crippen LogP contribution in [0.5, 0.6) is 0 Å². The summed E-state index contributed by atoms with van der Waals surface area (Å²) in [6.45, 7) is 6.91. The first-order chi connectivity index (χ1) is 18.7. The lowest BCUT2D eigenvalue weighted by molar-refractivity contribution is -0.189. The van der Waals surface area contributed by atoms with Gasteiger partial charge in [-0.15, -0.1) is 17.7 Å². The first-order valence-electron chi connectivity index (χ1n) is 12.9. The van der Waals surface area contributed by atoms with Crippen LogP contribution in [0.2, 0.25) is 0 Å². The molecule has 0 aromatic heterocycles. The summed E-state index contributed by atoms with van der Waals surface area (Å²) >= 11 is 1.40. The number of β-lactam (4-membered cyclic amide) rings is 1. The molecule has 1 saturated heterocycles. The maximum Gasteiger partial charge on any atom is 0.357 e. The average molecular weight is 543 g/mol. The molecule has 1 aliphatic heterocycles. The lowest BCUT2D eigenvalue weighted by Crippen LogP contribution is -2.75. The Kier molecular flexibility index (Phi) is 8.81. The van der Waals surface area contributed by atoms with Gasteiger partial charge in [-0.05, 0) is 44.4 Å². The van der Waals surface area contributed by atoms with Gasteiger partial charge in [0.2, 0.25) is 12.1 Å². The fourth-order valence-electron chi connectivity index (χ4n) is 4.77. The summed E-state index contributed by atoms with van der Waals surface area (Å²) in [6, 6.07) is 29.2. The van der Waals surface area contributed by atoms with Crippen molar-refractivity contribution in [2.24, 2.45) is 0 Å². The number of aliphatic hydroxyl groups is 1. The fraction of sp³-hybridized carbons (Fsp3) is 0.312. The summed E-state index contributed by atoms with van der Waals surface area (Å²) in [5.41, 5.74) is 1.18. The van der Waals surface area contributed by atoms with Gasteiger partial charge in [-0.3, -0.25) is 15.0 Å². The zero-order valence-electron chi connectivity index (χ0n) is 22.6. The van der Waals surface area contributed by atoms with Crippen LogP contribution in [0.1, 0.15) is 44.4 Å². The second-order valence-corrected chi connectivity index (χ2v) is 11.4. The average Bonchev–Trinajstić information content (AvgIpc) is 2.93. The highest BCUT2D eigenvalue weighted by molar-refractivity contribution is 8.00. The van der Waals surface area contributed by atoms with Crippen molar-refractivity contribution in [3.8, 4) is 11.8 Å². The summed E-state index contributed by atoms with van der Waals surface area (Å²) in [5.74, 6) is 5.07. The molecule has 0 bridgehead atoms. The number of carbonyl (C=O) groups is 2. The number of likely N-dealkylation sites (tertiary alicyclic amines) is 1. The molecule has 0 saturated carbocycles. The number of nitrogens with zero attached hydrogens (tertiary/aromatic N) is 1. The number of carbonyl (C=O) groups excluding carboxylic acids is 2. The number of thioether (sulfide) groups is 1. The first kappa shape index (κ1) is 28.4. The normalized spacial score (nSPS) is 18.0. The fourth-order valence-corrected chi connectivity index (χ4v) is 5.93. The number of amides is 1. The third kappa shape index (κ3) is 6.04. The molecule has 3 aromatic rings. The topological polar surface area (TPSA) is 78.9 Å². The SMILES string of the molecule is CC#CCSC1C(NC(c2ccccc2)(c2ccccc2)c2ccccc2)C(=O)N1C(O)C(=O)OC(C)(C)C. The van der Waals surface area contributed by atoms with Gasteiger partial charge in [0, 0.05) is 0 Å². The second-order valence-electron chi connectivity index (χ2n) is 10.3. The van der Waals surface area contributed by atoms with Gasteiger partial charge in [-0.25, -0.2) is 4.79 Å². The third-order valence-electron chi connectivity index (χ3n) is 6.46. The molecule has 3 aromatic carbocycles. The lowest BCUT2D eigenvalue weighted by Gasteiger charge is -2.52. The van der Waals surface area contributed by atoms with Crippen LogP contribution in [0, 0.1) is 11.8 Å². The predicted octanol–water partition coefficient (Wildman–Crippen LogP) is 4.52. The minimum Gasteiger partial charge on any atom is -0.457 e. The van der Waals surface area contributed by atoms with E-state index in [0.717, 1.165) is 16.7 Å². The van der Waals surface area contributed by atoms with Crippen LogP contribution in [0.3, 0.4) is 0 Å². The number of aliphatic hydroxyl groups excluding tert-OH is 1. The van der Waals surface area contributed by atoms with Crippen LogP contribution in [-0.4, -0.2) is 50.9 Å². The molecule has 39 heavy (non-hydrogen) atoms. The maximum absolute atomic E-state index is 13.7. The maximum atomic E-state index is 13.7. The number of rotatable bonds is 9. The van der Waals surface area contributed by atoms with Crippen LogP contribution in [0.4, 0.5) is 0 Å². The van der Waals surface area contributed by atoms with Gasteiger partial charge in [0.25, 0.3) is 0 Å². The predicted molar refractivity (Wildman–Crippen MR) is 155 cm³/mol. The Balaban J connectivity index is 1.79. The highest BCUT2D eigenvalue weighted by atomic mass is 32.2. The van der Waals surface area contributed by atoms with Crippen molar-refractivity contribution in [3.05, 3.63) is 108 Å². The minimum atomic E-state index is -1.72. The molecule has 6 nitrogen and oxygen atoms in total. The van der Waals surface area contributed by atoms with Gasteiger partial charge in [0.05, 0.1) is 11.3 Å². The molecule has 0 radical (unpaired) electrons. The third-order valence-corrected chi connectivity index (χ3v) is 7.61. The Labute approximate surface area is 234 Å². The van der Waals surface area contributed by atoms with E-state index in [1.165, 1.54) is 16.7 Å². The van der Waals surface area contributed by atoms with Gasteiger partial charge in [-0.1, -0.05) is 96.9 Å². The quantitative estimate of drug-likeness (QED) is 0.179. The van der Waals surface area contributed by atoms with Crippen LogP contribution < -0.4 is 5.32 Å². The Bertz CT molecular complexity index is 1230. The van der Waals surface area contributed by atoms with Gasteiger partial charge in [0.15, 0.2) is 0 Å².